The first-order chi connectivity index (χ1) is 10.3. The van der Waals surface area contributed by atoms with Gasteiger partial charge in [0.2, 0.25) is 0 Å². The van der Waals surface area contributed by atoms with E-state index in [0.717, 1.165) is 19.4 Å². The van der Waals surface area contributed by atoms with E-state index in [1.165, 1.54) is 32.1 Å². The molecule has 2 N–H and O–H groups in total. The Balaban J connectivity index is 1.99. The number of nitrogens with one attached hydrogen (secondary N) is 1. The molecule has 0 spiro atoms. The van der Waals surface area contributed by atoms with Crippen molar-refractivity contribution in [3.63, 3.8) is 0 Å². The van der Waals surface area contributed by atoms with Crippen molar-refractivity contribution in [2.45, 2.75) is 58.3 Å². The number of benzene rings is 1. The third kappa shape index (κ3) is 7.86. The number of phenolic OH excluding ortho intramolecular Hbond substituents is 1. The van der Waals surface area contributed by atoms with Crippen LogP contribution in [0, 0.1) is 5.41 Å². The predicted molar refractivity (Wildman–Crippen MR) is 88.4 cm³/mol. The number of rotatable bonds is 12. The van der Waals surface area contributed by atoms with Crippen LogP contribution in [0.25, 0.3) is 0 Å². The zero-order valence-corrected chi connectivity index (χ0v) is 13.2. The van der Waals surface area contributed by atoms with Crippen molar-refractivity contribution in [1.29, 1.82) is 5.41 Å². The molecule has 118 valence electrons. The fourth-order valence-corrected chi connectivity index (χ4v) is 2.30. The van der Waals surface area contributed by atoms with Gasteiger partial charge in [0.15, 0.2) is 0 Å². The average Bonchev–Trinajstić information content (AvgIpc) is 2.49. The molecular weight excluding hydrogens is 262 g/mol. The SMILES string of the molecule is CCCCCCCCOCCCC(=N)c1ccccc1O. The summed E-state index contributed by atoms with van der Waals surface area (Å²) < 4.78 is 5.60. The van der Waals surface area contributed by atoms with Crippen molar-refractivity contribution in [2.75, 3.05) is 13.2 Å². The highest BCUT2D eigenvalue weighted by Crippen LogP contribution is 2.17. The topological polar surface area (TPSA) is 53.3 Å². The van der Waals surface area contributed by atoms with Gasteiger partial charge in [0.25, 0.3) is 0 Å². The van der Waals surface area contributed by atoms with Crippen LogP contribution in [0.3, 0.4) is 0 Å². The van der Waals surface area contributed by atoms with Crippen LogP contribution < -0.4 is 0 Å². The molecule has 0 radical (unpaired) electrons. The molecule has 1 aromatic carbocycles. The normalized spacial score (nSPS) is 10.7. The second-order valence-electron chi connectivity index (χ2n) is 5.48. The summed E-state index contributed by atoms with van der Waals surface area (Å²) in [7, 11) is 0. The van der Waals surface area contributed by atoms with E-state index in [9.17, 15) is 5.11 Å². The Kier molecular flexibility index (Phi) is 9.55. The molecule has 0 saturated carbocycles. The molecule has 0 aliphatic carbocycles. The first-order valence-corrected chi connectivity index (χ1v) is 8.19. The number of aromatic hydroxyl groups is 1. The van der Waals surface area contributed by atoms with E-state index >= 15 is 0 Å². The van der Waals surface area contributed by atoms with Crippen molar-refractivity contribution in [1.82, 2.24) is 0 Å². The Morgan fingerprint density at radius 2 is 1.67 bits per heavy atom. The summed E-state index contributed by atoms with van der Waals surface area (Å²) in [5.41, 5.74) is 1.12. The molecule has 0 bridgehead atoms. The zero-order valence-electron chi connectivity index (χ0n) is 13.2. The van der Waals surface area contributed by atoms with Crippen LogP contribution >= 0.6 is 0 Å². The average molecular weight is 291 g/mol. The van der Waals surface area contributed by atoms with E-state index in [-0.39, 0.29) is 5.75 Å². The van der Waals surface area contributed by atoms with E-state index in [0.29, 0.717) is 24.3 Å². The molecular formula is C18H29NO2. The van der Waals surface area contributed by atoms with Crippen molar-refractivity contribution in [3.05, 3.63) is 29.8 Å². The highest BCUT2D eigenvalue weighted by atomic mass is 16.5. The van der Waals surface area contributed by atoms with Gasteiger partial charge in [-0.1, -0.05) is 51.2 Å². The van der Waals surface area contributed by atoms with Gasteiger partial charge in [-0.25, -0.2) is 0 Å². The van der Waals surface area contributed by atoms with Crippen LogP contribution in [-0.2, 0) is 4.74 Å². The van der Waals surface area contributed by atoms with Crippen LogP contribution in [-0.4, -0.2) is 24.0 Å². The molecule has 0 heterocycles. The molecule has 21 heavy (non-hydrogen) atoms. The lowest BCUT2D eigenvalue weighted by atomic mass is 10.1. The van der Waals surface area contributed by atoms with Gasteiger partial charge < -0.3 is 15.3 Å². The second-order valence-corrected chi connectivity index (χ2v) is 5.48. The van der Waals surface area contributed by atoms with Gasteiger partial charge in [0, 0.05) is 24.5 Å². The Morgan fingerprint density at radius 1 is 1.00 bits per heavy atom. The number of phenols is 1. The zero-order chi connectivity index (χ0) is 15.3. The molecule has 3 heteroatoms. The maximum absolute atomic E-state index is 9.67. The summed E-state index contributed by atoms with van der Waals surface area (Å²) in [4.78, 5) is 0. The number of ether oxygens (including phenoxy) is 1. The van der Waals surface area contributed by atoms with Crippen LogP contribution in [0.2, 0.25) is 0 Å². The van der Waals surface area contributed by atoms with E-state index in [2.05, 4.69) is 6.92 Å². The monoisotopic (exact) mass is 291 g/mol. The summed E-state index contributed by atoms with van der Waals surface area (Å²) in [5.74, 6) is 0.190. The summed E-state index contributed by atoms with van der Waals surface area (Å²) in [6.45, 7) is 3.76. The van der Waals surface area contributed by atoms with E-state index in [4.69, 9.17) is 10.1 Å². The highest BCUT2D eigenvalue weighted by molar-refractivity contribution is 6.00. The quantitative estimate of drug-likeness (QED) is 0.424. The number of para-hydroxylation sites is 1. The molecule has 0 amide bonds. The number of hydrogen-bond donors (Lipinski definition) is 2. The van der Waals surface area contributed by atoms with Crippen molar-refractivity contribution in [2.24, 2.45) is 0 Å². The van der Waals surface area contributed by atoms with Gasteiger partial charge >= 0.3 is 0 Å². The fourth-order valence-electron chi connectivity index (χ4n) is 2.30. The van der Waals surface area contributed by atoms with Crippen molar-refractivity contribution >= 4 is 5.71 Å². The highest BCUT2D eigenvalue weighted by Gasteiger charge is 2.05. The predicted octanol–water partition coefficient (Wildman–Crippen LogP) is 4.92. The standard InChI is InChI=1S/C18H29NO2/c1-2-3-4-5-6-9-14-21-15-10-12-17(19)16-11-7-8-13-18(16)20/h7-8,11,13,19-20H,2-6,9-10,12,14-15H2,1H3. The summed E-state index contributed by atoms with van der Waals surface area (Å²) >= 11 is 0. The molecule has 0 aliphatic rings. The lowest BCUT2D eigenvalue weighted by molar-refractivity contribution is 0.128. The summed E-state index contributed by atoms with van der Waals surface area (Å²) in [5, 5.41) is 17.6. The maximum Gasteiger partial charge on any atom is 0.124 e. The van der Waals surface area contributed by atoms with Gasteiger partial charge in [0.05, 0.1) is 0 Å². The van der Waals surface area contributed by atoms with Crippen LogP contribution in [0.1, 0.15) is 63.9 Å². The molecule has 3 nitrogen and oxygen atoms in total. The van der Waals surface area contributed by atoms with Crippen molar-refractivity contribution in [3.8, 4) is 5.75 Å². The van der Waals surface area contributed by atoms with Crippen molar-refractivity contribution < 1.29 is 9.84 Å². The summed E-state index contributed by atoms with van der Waals surface area (Å²) in [6, 6.07) is 7.03. The minimum absolute atomic E-state index is 0.190. The van der Waals surface area contributed by atoms with Gasteiger partial charge in [-0.05, 0) is 31.4 Å². The number of hydrogen-bond acceptors (Lipinski definition) is 3. The molecule has 1 aromatic rings. The molecule has 0 unspecified atom stereocenters. The minimum Gasteiger partial charge on any atom is -0.507 e. The Morgan fingerprint density at radius 3 is 2.43 bits per heavy atom. The smallest absolute Gasteiger partial charge is 0.124 e. The molecule has 0 fully saturated rings. The molecule has 0 aliphatic heterocycles. The van der Waals surface area contributed by atoms with Gasteiger partial charge in [0.1, 0.15) is 5.75 Å². The van der Waals surface area contributed by atoms with E-state index in [1.54, 1.807) is 18.2 Å². The third-order valence-electron chi connectivity index (χ3n) is 3.59. The molecule has 1 rings (SSSR count). The minimum atomic E-state index is 0.190. The Hall–Kier alpha value is -1.35. The number of unbranched alkanes of at least 4 members (excludes halogenated alkanes) is 5. The maximum atomic E-state index is 9.67. The Labute approximate surface area is 128 Å². The molecule has 0 atom stereocenters. The van der Waals surface area contributed by atoms with Crippen LogP contribution in [0.5, 0.6) is 5.75 Å². The molecule has 0 saturated heterocycles. The largest absolute Gasteiger partial charge is 0.507 e. The first-order valence-electron chi connectivity index (χ1n) is 8.19. The molecule has 0 aromatic heterocycles. The lowest BCUT2D eigenvalue weighted by Crippen LogP contribution is -2.03. The van der Waals surface area contributed by atoms with Gasteiger partial charge in [-0.2, -0.15) is 0 Å². The van der Waals surface area contributed by atoms with E-state index in [1.807, 2.05) is 6.07 Å². The van der Waals surface area contributed by atoms with E-state index < -0.39 is 0 Å². The van der Waals surface area contributed by atoms with Gasteiger partial charge in [-0.15, -0.1) is 0 Å². The fraction of sp³-hybridized carbons (Fsp3) is 0.611. The summed E-state index contributed by atoms with van der Waals surface area (Å²) in [6.07, 6.45) is 9.17. The first kappa shape index (κ1) is 17.7. The lowest BCUT2D eigenvalue weighted by Gasteiger charge is -2.07. The van der Waals surface area contributed by atoms with Gasteiger partial charge in [-0.3, -0.25) is 0 Å². The van der Waals surface area contributed by atoms with Crippen LogP contribution in [0.4, 0.5) is 0 Å². The second kappa shape index (κ2) is 11.3. The Bertz CT molecular complexity index is 404. The van der Waals surface area contributed by atoms with Crippen LogP contribution in [0.15, 0.2) is 24.3 Å². The third-order valence-corrected chi connectivity index (χ3v) is 3.59.